The summed E-state index contributed by atoms with van der Waals surface area (Å²) in [6.45, 7) is 3.42. The van der Waals surface area contributed by atoms with Gasteiger partial charge in [0.2, 0.25) is 0 Å². The number of hydrogen-bond acceptors (Lipinski definition) is 2. The van der Waals surface area contributed by atoms with Crippen molar-refractivity contribution in [3.05, 3.63) is 0 Å². The van der Waals surface area contributed by atoms with Crippen LogP contribution < -0.4 is 0 Å². The van der Waals surface area contributed by atoms with E-state index in [0.29, 0.717) is 0 Å². The zero-order valence-electron chi connectivity index (χ0n) is 5.31. The molecule has 2 nitrogen and oxygen atoms in total. The van der Waals surface area contributed by atoms with E-state index >= 15 is 0 Å². The summed E-state index contributed by atoms with van der Waals surface area (Å²) in [6, 6.07) is 0. The van der Waals surface area contributed by atoms with Crippen LogP contribution in [-0.4, -0.2) is 20.8 Å². The predicted molar refractivity (Wildman–Crippen MR) is 37.5 cm³/mol. The van der Waals surface area contributed by atoms with Crippen molar-refractivity contribution >= 4 is 23.2 Å². The first kappa shape index (κ1) is 9.50. The van der Waals surface area contributed by atoms with Crippen LogP contribution in [0, 0.1) is 5.92 Å². The predicted octanol–water partition coefficient (Wildman–Crippen LogP) is 1.13. The Morgan fingerprint density at radius 3 is 1.56 bits per heavy atom. The lowest BCUT2D eigenvalue weighted by Crippen LogP contribution is -2.35. The Labute approximate surface area is 64.4 Å². The van der Waals surface area contributed by atoms with Crippen LogP contribution in [0.4, 0.5) is 0 Å². The molecule has 2 N–H and O–H groups in total. The highest BCUT2D eigenvalue weighted by atomic mass is 35.5. The first-order chi connectivity index (χ1) is 3.89. The van der Waals surface area contributed by atoms with Gasteiger partial charge < -0.3 is 10.2 Å². The van der Waals surface area contributed by atoms with E-state index in [1.807, 2.05) is 0 Å². The molecular weight excluding hydrogens is 163 g/mol. The van der Waals surface area contributed by atoms with Crippen LogP contribution >= 0.6 is 23.2 Å². The summed E-state index contributed by atoms with van der Waals surface area (Å²) >= 11 is 10.9. The number of hydrogen-bond donors (Lipinski definition) is 2. The number of alkyl halides is 2. The molecule has 0 radical (unpaired) electrons. The molecule has 0 amide bonds. The van der Waals surface area contributed by atoms with Crippen LogP contribution in [0.1, 0.15) is 13.8 Å². The average Bonchev–Trinajstić information content (AvgIpc) is 1.65. The zero-order valence-corrected chi connectivity index (χ0v) is 6.82. The second-order valence-electron chi connectivity index (χ2n) is 2.20. The highest BCUT2D eigenvalue weighted by molar-refractivity contribution is 6.48. The second-order valence-corrected chi connectivity index (χ2v) is 3.65. The molecule has 0 saturated heterocycles. The Morgan fingerprint density at radius 2 is 1.56 bits per heavy atom. The van der Waals surface area contributed by atoms with Gasteiger partial charge in [-0.3, -0.25) is 0 Å². The third kappa shape index (κ3) is 2.30. The molecular formula is C5H10Cl2O2. The fraction of sp³-hybridized carbons (Fsp3) is 1.00. The minimum absolute atomic E-state index is 0.180. The largest absolute Gasteiger partial charge is 0.366 e. The van der Waals surface area contributed by atoms with Crippen LogP contribution in [0.15, 0.2) is 0 Å². The molecule has 0 heterocycles. The van der Waals surface area contributed by atoms with Gasteiger partial charge in [0.25, 0.3) is 0 Å². The minimum atomic E-state index is -1.68. The normalized spacial score (nSPS) is 13.3. The van der Waals surface area contributed by atoms with Gasteiger partial charge in [-0.25, -0.2) is 0 Å². The fourth-order valence-corrected chi connectivity index (χ4v) is 0.298. The first-order valence-electron chi connectivity index (χ1n) is 2.63. The van der Waals surface area contributed by atoms with E-state index in [4.69, 9.17) is 33.4 Å². The van der Waals surface area contributed by atoms with Gasteiger partial charge in [-0.2, -0.15) is 0 Å². The third-order valence-electron chi connectivity index (χ3n) is 1.11. The molecule has 9 heavy (non-hydrogen) atoms. The van der Waals surface area contributed by atoms with Gasteiger partial charge in [-0.05, 0) is 5.92 Å². The Kier molecular flexibility index (Phi) is 3.23. The van der Waals surface area contributed by atoms with Crippen LogP contribution in [0.2, 0.25) is 0 Å². The van der Waals surface area contributed by atoms with E-state index in [0.717, 1.165) is 0 Å². The molecule has 0 rings (SSSR count). The van der Waals surface area contributed by atoms with E-state index in [2.05, 4.69) is 0 Å². The summed E-state index contributed by atoms with van der Waals surface area (Å²) < 4.78 is -1.44. The molecule has 0 fully saturated rings. The first-order valence-corrected chi connectivity index (χ1v) is 3.38. The van der Waals surface area contributed by atoms with Crippen molar-refractivity contribution in [2.24, 2.45) is 5.92 Å². The molecule has 0 aromatic carbocycles. The number of aliphatic hydroxyl groups is 2. The maximum absolute atomic E-state index is 8.54. The van der Waals surface area contributed by atoms with Crippen molar-refractivity contribution in [3.8, 4) is 0 Å². The maximum atomic E-state index is 8.54. The van der Waals surface area contributed by atoms with Crippen molar-refractivity contribution in [1.29, 1.82) is 0 Å². The van der Waals surface area contributed by atoms with Crippen molar-refractivity contribution in [1.82, 2.24) is 0 Å². The Hall–Kier alpha value is 0.500. The van der Waals surface area contributed by atoms with Gasteiger partial charge in [-0.15, -0.1) is 0 Å². The van der Waals surface area contributed by atoms with Gasteiger partial charge in [0.1, 0.15) is 0 Å². The monoisotopic (exact) mass is 172 g/mol. The summed E-state index contributed by atoms with van der Waals surface area (Å²) in [5.74, 6) is -0.180. The van der Waals surface area contributed by atoms with Crippen molar-refractivity contribution in [2.75, 3.05) is 0 Å². The lowest BCUT2D eigenvalue weighted by molar-refractivity contribution is -0.0606. The van der Waals surface area contributed by atoms with Crippen LogP contribution in [0.3, 0.4) is 0 Å². The van der Waals surface area contributed by atoms with Crippen LogP contribution in [0.5, 0.6) is 0 Å². The standard InChI is InChI=1S/C5H10Cl2O2/c1-3(2)5(6,7)4(8)9/h3-4,8-9H,1-2H3. The van der Waals surface area contributed by atoms with Gasteiger partial charge in [0.15, 0.2) is 10.6 Å². The smallest absolute Gasteiger partial charge is 0.185 e. The number of rotatable bonds is 2. The third-order valence-corrected chi connectivity index (χ3v) is 2.38. The zero-order chi connectivity index (χ0) is 7.65. The van der Waals surface area contributed by atoms with Crippen LogP contribution in [0.25, 0.3) is 0 Å². The molecule has 0 aromatic rings. The topological polar surface area (TPSA) is 40.5 Å². The SMILES string of the molecule is CC(C)C(Cl)(Cl)C(O)O. The summed E-state index contributed by atoms with van der Waals surface area (Å²) in [5, 5.41) is 17.1. The van der Waals surface area contributed by atoms with Crippen molar-refractivity contribution < 1.29 is 10.2 Å². The molecule has 0 saturated carbocycles. The molecule has 0 aliphatic rings. The summed E-state index contributed by atoms with van der Waals surface area (Å²) in [7, 11) is 0. The summed E-state index contributed by atoms with van der Waals surface area (Å²) in [5.41, 5.74) is 0. The maximum Gasteiger partial charge on any atom is 0.185 e. The van der Waals surface area contributed by atoms with Crippen molar-refractivity contribution in [3.63, 3.8) is 0 Å². The van der Waals surface area contributed by atoms with Crippen LogP contribution in [-0.2, 0) is 0 Å². The van der Waals surface area contributed by atoms with E-state index in [-0.39, 0.29) is 5.92 Å². The quantitative estimate of drug-likeness (QED) is 0.485. The molecule has 0 aliphatic heterocycles. The fourth-order valence-electron chi connectivity index (χ4n) is 0.298. The van der Waals surface area contributed by atoms with E-state index in [1.165, 1.54) is 0 Å². The highest BCUT2D eigenvalue weighted by Gasteiger charge is 2.35. The molecule has 56 valence electrons. The highest BCUT2D eigenvalue weighted by Crippen LogP contribution is 2.32. The lowest BCUT2D eigenvalue weighted by Gasteiger charge is -2.25. The molecule has 0 bridgehead atoms. The number of aliphatic hydroxyl groups excluding tert-OH is 1. The number of halogens is 2. The average molecular weight is 173 g/mol. The molecule has 0 aromatic heterocycles. The second kappa shape index (κ2) is 3.06. The summed E-state index contributed by atoms with van der Waals surface area (Å²) in [4.78, 5) is 0. The minimum Gasteiger partial charge on any atom is -0.366 e. The molecule has 0 aliphatic carbocycles. The van der Waals surface area contributed by atoms with Gasteiger partial charge >= 0.3 is 0 Å². The molecule has 0 unspecified atom stereocenters. The molecule has 4 heteroatoms. The lowest BCUT2D eigenvalue weighted by atomic mass is 10.1. The molecule has 0 spiro atoms. The summed E-state index contributed by atoms with van der Waals surface area (Å²) in [6.07, 6.45) is -1.68. The van der Waals surface area contributed by atoms with E-state index in [9.17, 15) is 0 Å². The Balaban J connectivity index is 4.01. The van der Waals surface area contributed by atoms with E-state index in [1.54, 1.807) is 13.8 Å². The van der Waals surface area contributed by atoms with Gasteiger partial charge in [-0.1, -0.05) is 37.0 Å². The molecule has 0 atom stereocenters. The van der Waals surface area contributed by atoms with Crippen molar-refractivity contribution in [2.45, 2.75) is 24.5 Å². The Bertz CT molecular complexity index is 81.0. The van der Waals surface area contributed by atoms with Gasteiger partial charge in [0, 0.05) is 0 Å². The van der Waals surface area contributed by atoms with E-state index < -0.39 is 10.6 Å². The Morgan fingerprint density at radius 1 is 1.22 bits per heavy atom. The van der Waals surface area contributed by atoms with Gasteiger partial charge in [0.05, 0.1) is 0 Å².